The zero-order valence-electron chi connectivity index (χ0n) is 17.1. The predicted octanol–water partition coefficient (Wildman–Crippen LogP) is 6.34. The van der Waals surface area contributed by atoms with E-state index in [2.05, 4.69) is 65.7 Å². The van der Waals surface area contributed by atoms with Crippen LogP contribution in [0.15, 0.2) is 72.8 Å². The number of halogens is 1. The first-order chi connectivity index (χ1) is 14.2. The van der Waals surface area contributed by atoms with Crippen molar-refractivity contribution in [3.05, 3.63) is 89.7 Å². The fraction of sp³-hybridized carbons (Fsp3) is 0.308. The lowest BCUT2D eigenvalue weighted by atomic mass is 9.99. The molecule has 0 atom stereocenters. The Labute approximate surface area is 173 Å². The molecule has 3 aromatic carbocycles. The van der Waals surface area contributed by atoms with Crippen molar-refractivity contribution >= 4 is 5.69 Å². The van der Waals surface area contributed by atoms with Gasteiger partial charge in [-0.15, -0.1) is 0 Å². The summed E-state index contributed by atoms with van der Waals surface area (Å²) in [6.45, 7) is 6.63. The molecule has 1 saturated heterocycles. The van der Waals surface area contributed by atoms with Crippen LogP contribution in [0.1, 0.15) is 30.9 Å². The van der Waals surface area contributed by atoms with E-state index >= 15 is 0 Å². The summed E-state index contributed by atoms with van der Waals surface area (Å²) in [4.78, 5) is 2.56. The first-order valence-corrected chi connectivity index (χ1v) is 10.6. The monoisotopic (exact) mass is 388 g/mol. The highest BCUT2D eigenvalue weighted by Crippen LogP contribution is 2.21. The van der Waals surface area contributed by atoms with Crippen molar-refractivity contribution in [3.8, 4) is 11.1 Å². The van der Waals surface area contributed by atoms with Crippen LogP contribution in [0.3, 0.4) is 0 Å². The number of rotatable bonds is 6. The Balaban J connectivity index is 1.29. The third kappa shape index (κ3) is 5.45. The fourth-order valence-corrected chi connectivity index (χ4v) is 3.87. The molecule has 2 nitrogen and oxygen atoms in total. The largest absolute Gasteiger partial charge is 0.381 e. The van der Waals surface area contributed by atoms with E-state index in [0.29, 0.717) is 0 Å². The Morgan fingerprint density at radius 2 is 1.34 bits per heavy atom. The number of nitrogens with zero attached hydrogens (tertiary/aromatic N) is 1. The Morgan fingerprint density at radius 1 is 0.793 bits per heavy atom. The highest BCUT2D eigenvalue weighted by Gasteiger charge is 2.15. The highest BCUT2D eigenvalue weighted by atomic mass is 19.1. The maximum atomic E-state index is 13.1. The van der Waals surface area contributed by atoms with E-state index in [9.17, 15) is 4.39 Å². The fourth-order valence-electron chi connectivity index (χ4n) is 3.87. The van der Waals surface area contributed by atoms with Gasteiger partial charge in [-0.2, -0.15) is 0 Å². The summed E-state index contributed by atoms with van der Waals surface area (Å²) in [5, 5.41) is 3.50. The SMILES string of the molecule is CC1CCN(Cc2ccc(NCc3ccc(-c4ccc(F)cc4)cc3)cc2)CC1. The second-order valence-electron chi connectivity index (χ2n) is 8.21. The Bertz CT molecular complexity index is 893. The third-order valence-corrected chi connectivity index (χ3v) is 5.86. The predicted molar refractivity (Wildman–Crippen MR) is 119 cm³/mol. The number of hydrogen-bond donors (Lipinski definition) is 1. The van der Waals surface area contributed by atoms with Crippen LogP contribution < -0.4 is 5.32 Å². The van der Waals surface area contributed by atoms with Crippen molar-refractivity contribution in [2.75, 3.05) is 18.4 Å². The van der Waals surface area contributed by atoms with Crippen LogP contribution in [0.25, 0.3) is 11.1 Å². The molecule has 150 valence electrons. The third-order valence-electron chi connectivity index (χ3n) is 5.86. The molecule has 1 aliphatic rings. The standard InChI is InChI=1S/C26H29FN2/c1-20-14-16-29(17-15-20)19-22-4-12-26(13-5-22)28-18-21-2-6-23(7-3-21)24-8-10-25(27)11-9-24/h2-13,20,28H,14-19H2,1H3. The van der Waals surface area contributed by atoms with E-state index in [1.807, 2.05) is 12.1 Å². The number of likely N-dealkylation sites (tertiary alicyclic amines) is 1. The topological polar surface area (TPSA) is 15.3 Å². The summed E-state index contributed by atoms with van der Waals surface area (Å²) in [6.07, 6.45) is 2.64. The number of piperidine rings is 1. The summed E-state index contributed by atoms with van der Waals surface area (Å²) in [5.74, 6) is 0.675. The molecule has 3 aromatic rings. The Morgan fingerprint density at radius 3 is 1.97 bits per heavy atom. The van der Waals surface area contributed by atoms with Crippen LogP contribution in [0.5, 0.6) is 0 Å². The molecule has 1 heterocycles. The van der Waals surface area contributed by atoms with Gasteiger partial charge in [0.2, 0.25) is 0 Å². The lowest BCUT2D eigenvalue weighted by Gasteiger charge is -2.30. The van der Waals surface area contributed by atoms with Crippen molar-refractivity contribution in [3.63, 3.8) is 0 Å². The minimum Gasteiger partial charge on any atom is -0.381 e. The van der Waals surface area contributed by atoms with Gasteiger partial charge in [0.05, 0.1) is 0 Å². The molecule has 0 aliphatic carbocycles. The molecule has 29 heavy (non-hydrogen) atoms. The van der Waals surface area contributed by atoms with Gasteiger partial charge in [0, 0.05) is 18.8 Å². The van der Waals surface area contributed by atoms with Crippen LogP contribution in [-0.4, -0.2) is 18.0 Å². The van der Waals surface area contributed by atoms with E-state index in [1.165, 1.54) is 49.2 Å². The Kier molecular flexibility index (Phi) is 6.26. The second kappa shape index (κ2) is 9.23. The van der Waals surface area contributed by atoms with Gasteiger partial charge >= 0.3 is 0 Å². The first-order valence-electron chi connectivity index (χ1n) is 10.6. The summed E-state index contributed by atoms with van der Waals surface area (Å²) in [6, 6.07) is 23.9. The maximum Gasteiger partial charge on any atom is 0.123 e. The van der Waals surface area contributed by atoms with Crippen LogP contribution in [0.2, 0.25) is 0 Å². The molecule has 1 fully saturated rings. The minimum atomic E-state index is -0.203. The van der Waals surface area contributed by atoms with E-state index in [4.69, 9.17) is 0 Å². The molecule has 0 amide bonds. The molecule has 3 heteroatoms. The zero-order valence-corrected chi connectivity index (χ0v) is 17.1. The summed E-state index contributed by atoms with van der Waals surface area (Å²) < 4.78 is 13.1. The van der Waals surface area contributed by atoms with E-state index < -0.39 is 0 Å². The van der Waals surface area contributed by atoms with Crippen LogP contribution in [0, 0.1) is 11.7 Å². The average Bonchev–Trinajstić information content (AvgIpc) is 2.76. The van der Waals surface area contributed by atoms with Gasteiger partial charge < -0.3 is 5.32 Å². The lowest BCUT2D eigenvalue weighted by molar-refractivity contribution is 0.185. The Hall–Kier alpha value is -2.65. The molecule has 0 saturated carbocycles. The molecule has 0 unspecified atom stereocenters. The van der Waals surface area contributed by atoms with E-state index in [0.717, 1.165) is 35.8 Å². The summed E-state index contributed by atoms with van der Waals surface area (Å²) in [5.41, 5.74) is 5.88. The van der Waals surface area contributed by atoms with Crippen molar-refractivity contribution in [2.45, 2.75) is 32.9 Å². The van der Waals surface area contributed by atoms with Gasteiger partial charge in [-0.05, 0) is 78.4 Å². The number of nitrogens with one attached hydrogen (secondary N) is 1. The number of benzene rings is 3. The molecule has 1 N–H and O–H groups in total. The van der Waals surface area contributed by atoms with Gasteiger partial charge in [0.15, 0.2) is 0 Å². The summed E-state index contributed by atoms with van der Waals surface area (Å²) >= 11 is 0. The van der Waals surface area contributed by atoms with Crippen LogP contribution in [0.4, 0.5) is 10.1 Å². The normalized spacial score (nSPS) is 15.4. The van der Waals surface area contributed by atoms with Gasteiger partial charge in [0.1, 0.15) is 5.82 Å². The summed E-state index contributed by atoms with van der Waals surface area (Å²) in [7, 11) is 0. The number of anilines is 1. The van der Waals surface area contributed by atoms with Crippen LogP contribution >= 0.6 is 0 Å². The molecule has 0 aromatic heterocycles. The van der Waals surface area contributed by atoms with Crippen LogP contribution in [-0.2, 0) is 13.1 Å². The van der Waals surface area contributed by atoms with Gasteiger partial charge in [0.25, 0.3) is 0 Å². The van der Waals surface area contributed by atoms with Gasteiger partial charge in [-0.25, -0.2) is 4.39 Å². The molecule has 0 radical (unpaired) electrons. The highest BCUT2D eigenvalue weighted by molar-refractivity contribution is 5.63. The second-order valence-corrected chi connectivity index (χ2v) is 8.21. The maximum absolute atomic E-state index is 13.1. The van der Waals surface area contributed by atoms with E-state index in [-0.39, 0.29) is 5.82 Å². The smallest absolute Gasteiger partial charge is 0.123 e. The van der Waals surface area contributed by atoms with Crippen molar-refractivity contribution in [1.82, 2.24) is 4.90 Å². The average molecular weight is 389 g/mol. The van der Waals surface area contributed by atoms with E-state index in [1.54, 1.807) is 0 Å². The first kappa shape index (κ1) is 19.7. The molecule has 1 aliphatic heterocycles. The zero-order chi connectivity index (χ0) is 20.1. The lowest BCUT2D eigenvalue weighted by Crippen LogP contribution is -2.32. The molecular formula is C26H29FN2. The molecule has 4 rings (SSSR count). The molecule has 0 bridgehead atoms. The van der Waals surface area contributed by atoms with Crippen molar-refractivity contribution in [2.24, 2.45) is 5.92 Å². The number of hydrogen-bond acceptors (Lipinski definition) is 2. The molecular weight excluding hydrogens is 359 g/mol. The van der Waals surface area contributed by atoms with Gasteiger partial charge in [-0.1, -0.05) is 55.5 Å². The quantitative estimate of drug-likeness (QED) is 0.530. The van der Waals surface area contributed by atoms with Gasteiger partial charge in [-0.3, -0.25) is 4.90 Å². The van der Waals surface area contributed by atoms with Crippen molar-refractivity contribution in [1.29, 1.82) is 0 Å². The minimum absolute atomic E-state index is 0.203. The molecule has 0 spiro atoms. The van der Waals surface area contributed by atoms with Crippen molar-refractivity contribution < 1.29 is 4.39 Å².